The van der Waals surface area contributed by atoms with Gasteiger partial charge in [-0.05, 0) is 37.3 Å². The molecule has 17 heavy (non-hydrogen) atoms. The molecule has 1 aromatic carbocycles. The van der Waals surface area contributed by atoms with E-state index in [1.807, 2.05) is 0 Å². The molecule has 2 N–H and O–H groups in total. The average Bonchev–Trinajstić information content (AvgIpc) is 2.29. The van der Waals surface area contributed by atoms with E-state index in [1.54, 1.807) is 0 Å². The van der Waals surface area contributed by atoms with Crippen LogP contribution >= 0.6 is 0 Å². The molecule has 1 aromatic rings. The highest BCUT2D eigenvalue weighted by Crippen LogP contribution is 2.29. The molecule has 0 radical (unpaired) electrons. The third kappa shape index (κ3) is 3.85. The van der Waals surface area contributed by atoms with Gasteiger partial charge in [0.2, 0.25) is 0 Å². The summed E-state index contributed by atoms with van der Waals surface area (Å²) in [7, 11) is 0. The first-order valence-electron chi connectivity index (χ1n) is 6.92. The van der Waals surface area contributed by atoms with Gasteiger partial charge in [0.25, 0.3) is 0 Å². The summed E-state index contributed by atoms with van der Waals surface area (Å²) >= 11 is 0. The van der Waals surface area contributed by atoms with Crippen molar-refractivity contribution in [3.8, 4) is 0 Å². The van der Waals surface area contributed by atoms with Crippen LogP contribution in [0.3, 0.4) is 0 Å². The van der Waals surface area contributed by atoms with Crippen LogP contribution in [0.15, 0.2) is 18.2 Å². The molecule has 2 atom stereocenters. The Bertz CT molecular complexity index is 343. The molecule has 0 bridgehead atoms. The van der Waals surface area contributed by atoms with E-state index in [4.69, 9.17) is 5.73 Å². The van der Waals surface area contributed by atoms with E-state index >= 15 is 0 Å². The Hall–Kier alpha value is -0.820. The van der Waals surface area contributed by atoms with Crippen LogP contribution in [0.25, 0.3) is 0 Å². The zero-order chi connectivity index (χ0) is 12.8. The first kappa shape index (κ1) is 14.2. The third-order valence-electron chi connectivity index (χ3n) is 3.75. The number of aryl methyl sites for hydroxylation is 2. The zero-order valence-corrected chi connectivity index (χ0v) is 11.8. The molecule has 0 heterocycles. The maximum Gasteiger partial charge on any atom is 0.0326 e. The smallest absolute Gasteiger partial charge is 0.0326 e. The van der Waals surface area contributed by atoms with Gasteiger partial charge in [0, 0.05) is 6.04 Å². The van der Waals surface area contributed by atoms with Crippen LogP contribution in [0.4, 0.5) is 0 Å². The van der Waals surface area contributed by atoms with Crippen LogP contribution in [0, 0.1) is 19.8 Å². The Kier molecular flexibility index (Phi) is 5.70. The summed E-state index contributed by atoms with van der Waals surface area (Å²) in [5.41, 5.74) is 10.4. The van der Waals surface area contributed by atoms with Crippen LogP contribution in [0.2, 0.25) is 0 Å². The molecule has 1 nitrogen and oxygen atoms in total. The first-order valence-corrected chi connectivity index (χ1v) is 6.92. The Morgan fingerprint density at radius 2 is 1.88 bits per heavy atom. The maximum atomic E-state index is 6.44. The van der Waals surface area contributed by atoms with E-state index < -0.39 is 0 Å². The van der Waals surface area contributed by atoms with Crippen LogP contribution < -0.4 is 5.73 Å². The lowest BCUT2D eigenvalue weighted by atomic mass is 9.85. The maximum absolute atomic E-state index is 6.44. The second kappa shape index (κ2) is 6.80. The number of nitrogens with two attached hydrogens (primary N) is 1. The highest BCUT2D eigenvalue weighted by molar-refractivity contribution is 5.32. The van der Waals surface area contributed by atoms with Gasteiger partial charge < -0.3 is 5.73 Å². The Balaban J connectivity index is 2.81. The molecular weight excluding hydrogens is 206 g/mol. The molecule has 0 saturated carbocycles. The predicted molar refractivity (Wildman–Crippen MR) is 76.2 cm³/mol. The van der Waals surface area contributed by atoms with Crippen molar-refractivity contribution in [1.29, 1.82) is 0 Å². The molecule has 1 rings (SSSR count). The fourth-order valence-corrected chi connectivity index (χ4v) is 2.56. The minimum atomic E-state index is 0.201. The fourth-order valence-electron chi connectivity index (χ4n) is 2.56. The normalized spacial score (nSPS) is 14.6. The second-order valence-corrected chi connectivity index (χ2v) is 5.20. The van der Waals surface area contributed by atoms with Crippen LogP contribution in [-0.2, 0) is 0 Å². The molecule has 0 spiro atoms. The van der Waals surface area contributed by atoms with E-state index in [0.717, 1.165) is 0 Å². The van der Waals surface area contributed by atoms with E-state index in [0.29, 0.717) is 5.92 Å². The monoisotopic (exact) mass is 233 g/mol. The van der Waals surface area contributed by atoms with Gasteiger partial charge in [-0.2, -0.15) is 0 Å². The summed E-state index contributed by atoms with van der Waals surface area (Å²) in [6.45, 7) is 8.81. The Labute approximate surface area is 106 Å². The van der Waals surface area contributed by atoms with Crippen molar-refractivity contribution >= 4 is 0 Å². The SMILES string of the molecule is CCCCC(CC)C(N)c1ccc(C)cc1C. The third-order valence-corrected chi connectivity index (χ3v) is 3.75. The molecular formula is C16H27N. The lowest BCUT2D eigenvalue weighted by molar-refractivity contribution is 0.377. The summed E-state index contributed by atoms with van der Waals surface area (Å²) in [6.07, 6.45) is 4.98. The summed E-state index contributed by atoms with van der Waals surface area (Å²) < 4.78 is 0. The standard InChI is InChI=1S/C16H27N/c1-5-7-8-14(6-2)16(17)15-10-9-12(3)11-13(15)4/h9-11,14,16H,5-8,17H2,1-4H3. The topological polar surface area (TPSA) is 26.0 Å². The molecule has 2 unspecified atom stereocenters. The zero-order valence-electron chi connectivity index (χ0n) is 11.8. The van der Waals surface area contributed by atoms with Crippen molar-refractivity contribution in [1.82, 2.24) is 0 Å². The van der Waals surface area contributed by atoms with E-state index in [9.17, 15) is 0 Å². The van der Waals surface area contributed by atoms with Gasteiger partial charge in [-0.25, -0.2) is 0 Å². The molecule has 0 saturated heterocycles. The Morgan fingerprint density at radius 1 is 1.18 bits per heavy atom. The molecule has 1 heteroatoms. The van der Waals surface area contributed by atoms with Gasteiger partial charge in [-0.3, -0.25) is 0 Å². The number of unbranched alkanes of at least 4 members (excludes halogenated alkanes) is 1. The quantitative estimate of drug-likeness (QED) is 0.768. The minimum absolute atomic E-state index is 0.201. The van der Waals surface area contributed by atoms with Gasteiger partial charge in [-0.15, -0.1) is 0 Å². The van der Waals surface area contributed by atoms with Crippen molar-refractivity contribution < 1.29 is 0 Å². The lowest BCUT2D eigenvalue weighted by Crippen LogP contribution is -2.22. The average molecular weight is 233 g/mol. The van der Waals surface area contributed by atoms with Gasteiger partial charge in [0.05, 0.1) is 0 Å². The summed E-state index contributed by atoms with van der Waals surface area (Å²) in [4.78, 5) is 0. The van der Waals surface area contributed by atoms with E-state index in [1.165, 1.54) is 42.4 Å². The lowest BCUT2D eigenvalue weighted by Gasteiger charge is -2.24. The molecule has 0 fully saturated rings. The largest absolute Gasteiger partial charge is 0.324 e. The van der Waals surface area contributed by atoms with Gasteiger partial charge in [0.15, 0.2) is 0 Å². The van der Waals surface area contributed by atoms with Crippen molar-refractivity contribution in [2.75, 3.05) is 0 Å². The van der Waals surface area contributed by atoms with Crippen molar-refractivity contribution in [2.24, 2.45) is 11.7 Å². The Morgan fingerprint density at radius 3 is 2.41 bits per heavy atom. The summed E-state index contributed by atoms with van der Waals surface area (Å²) in [5, 5.41) is 0. The molecule has 0 aliphatic rings. The van der Waals surface area contributed by atoms with Crippen molar-refractivity contribution in [3.63, 3.8) is 0 Å². The van der Waals surface area contributed by atoms with Gasteiger partial charge in [-0.1, -0.05) is 56.9 Å². The summed E-state index contributed by atoms with van der Waals surface area (Å²) in [6, 6.07) is 6.83. The van der Waals surface area contributed by atoms with Crippen molar-refractivity contribution in [2.45, 2.75) is 59.4 Å². The van der Waals surface area contributed by atoms with E-state index in [2.05, 4.69) is 45.9 Å². The van der Waals surface area contributed by atoms with E-state index in [-0.39, 0.29) is 6.04 Å². The molecule has 0 aromatic heterocycles. The number of hydrogen-bond donors (Lipinski definition) is 1. The van der Waals surface area contributed by atoms with Gasteiger partial charge in [0.1, 0.15) is 0 Å². The predicted octanol–water partition coefficient (Wildman–Crippen LogP) is 4.52. The van der Waals surface area contributed by atoms with Crippen LogP contribution in [0.1, 0.15) is 62.3 Å². The second-order valence-electron chi connectivity index (χ2n) is 5.20. The van der Waals surface area contributed by atoms with Gasteiger partial charge >= 0.3 is 0 Å². The minimum Gasteiger partial charge on any atom is -0.324 e. The number of hydrogen-bond acceptors (Lipinski definition) is 1. The highest BCUT2D eigenvalue weighted by atomic mass is 14.7. The first-order chi connectivity index (χ1) is 8.10. The van der Waals surface area contributed by atoms with Crippen LogP contribution in [-0.4, -0.2) is 0 Å². The molecule has 0 amide bonds. The molecule has 96 valence electrons. The number of rotatable bonds is 6. The summed E-state index contributed by atoms with van der Waals surface area (Å²) in [5.74, 6) is 0.622. The fraction of sp³-hybridized carbons (Fsp3) is 0.625. The van der Waals surface area contributed by atoms with Crippen molar-refractivity contribution in [3.05, 3.63) is 34.9 Å². The molecule has 0 aliphatic carbocycles. The number of benzene rings is 1. The van der Waals surface area contributed by atoms with Crippen LogP contribution in [0.5, 0.6) is 0 Å². The molecule has 0 aliphatic heterocycles. The highest BCUT2D eigenvalue weighted by Gasteiger charge is 2.18.